The zero-order valence-electron chi connectivity index (χ0n) is 17.1. The van der Waals surface area contributed by atoms with E-state index in [1.807, 2.05) is 50.2 Å². The monoisotopic (exact) mass is 396 g/mol. The Kier molecular flexibility index (Phi) is 6.77. The maximum atomic E-state index is 12.9. The first-order valence-electron chi connectivity index (χ1n) is 9.90. The number of benzene rings is 1. The molecule has 154 valence electrons. The van der Waals surface area contributed by atoms with Gasteiger partial charge in [-0.1, -0.05) is 44.2 Å². The summed E-state index contributed by atoms with van der Waals surface area (Å²) in [5.41, 5.74) is 3.67. The Labute approximate surface area is 171 Å². The fraction of sp³-hybridized carbons (Fsp3) is 0.435. The van der Waals surface area contributed by atoms with Gasteiger partial charge in [0, 0.05) is 24.5 Å². The Morgan fingerprint density at radius 3 is 2.59 bits per heavy atom. The second-order valence-corrected chi connectivity index (χ2v) is 7.75. The Morgan fingerprint density at radius 1 is 1.24 bits per heavy atom. The summed E-state index contributed by atoms with van der Waals surface area (Å²) >= 11 is 0. The van der Waals surface area contributed by atoms with Crippen LogP contribution in [0.2, 0.25) is 0 Å². The van der Waals surface area contributed by atoms with Crippen molar-refractivity contribution in [3.8, 4) is 0 Å². The van der Waals surface area contributed by atoms with E-state index in [4.69, 9.17) is 4.74 Å². The highest BCUT2D eigenvalue weighted by molar-refractivity contribution is 5.98. The van der Waals surface area contributed by atoms with Crippen LogP contribution in [0.5, 0.6) is 0 Å². The number of aliphatic imine (C=N–C) groups is 1. The molecular weight excluding hydrogens is 368 g/mol. The minimum atomic E-state index is -0.611. The number of nitrogens with zero attached hydrogens (tertiary/aromatic N) is 2. The molecule has 1 aromatic heterocycles. The topological polar surface area (TPSA) is 92.0 Å². The largest absolute Gasteiger partial charge is 0.481 e. The zero-order valence-corrected chi connectivity index (χ0v) is 17.1. The van der Waals surface area contributed by atoms with Gasteiger partial charge in [0.15, 0.2) is 0 Å². The van der Waals surface area contributed by atoms with E-state index in [0.29, 0.717) is 23.8 Å². The van der Waals surface area contributed by atoms with E-state index >= 15 is 0 Å². The molecule has 0 spiro atoms. The number of aliphatic hydroxyl groups is 2. The van der Waals surface area contributed by atoms with E-state index in [9.17, 15) is 15.0 Å². The van der Waals surface area contributed by atoms with Crippen molar-refractivity contribution in [1.82, 2.24) is 4.98 Å². The zero-order chi connectivity index (χ0) is 21.0. The van der Waals surface area contributed by atoms with Crippen LogP contribution < -0.4 is 0 Å². The highest BCUT2D eigenvalue weighted by Crippen LogP contribution is 2.29. The minimum absolute atomic E-state index is 0.000716. The van der Waals surface area contributed by atoms with Crippen molar-refractivity contribution in [2.24, 2.45) is 10.9 Å². The summed E-state index contributed by atoms with van der Waals surface area (Å²) < 4.78 is 5.26. The van der Waals surface area contributed by atoms with Gasteiger partial charge in [0.25, 0.3) is 0 Å². The number of Topliss-reactive ketones (excluding diaryl/α,β-unsaturated/α-hetero) is 1. The van der Waals surface area contributed by atoms with Crippen LogP contribution in [-0.2, 0) is 29.1 Å². The fourth-order valence-corrected chi connectivity index (χ4v) is 3.83. The number of rotatable bonds is 8. The third-order valence-corrected chi connectivity index (χ3v) is 5.33. The summed E-state index contributed by atoms with van der Waals surface area (Å²) in [6.45, 7) is 4.11. The minimum Gasteiger partial charge on any atom is -0.481 e. The second kappa shape index (κ2) is 9.29. The lowest BCUT2D eigenvalue weighted by Crippen LogP contribution is -2.27. The van der Waals surface area contributed by atoms with Crippen LogP contribution in [0.4, 0.5) is 0 Å². The van der Waals surface area contributed by atoms with Crippen molar-refractivity contribution < 1.29 is 19.7 Å². The smallest absolute Gasteiger partial charge is 0.218 e. The molecule has 0 amide bonds. The molecule has 0 radical (unpaired) electrons. The summed E-state index contributed by atoms with van der Waals surface area (Å²) in [6.07, 6.45) is -0.229. The second-order valence-electron chi connectivity index (χ2n) is 7.75. The van der Waals surface area contributed by atoms with Crippen molar-refractivity contribution >= 4 is 11.7 Å². The van der Waals surface area contributed by atoms with E-state index in [0.717, 1.165) is 16.7 Å². The maximum Gasteiger partial charge on any atom is 0.218 e. The van der Waals surface area contributed by atoms with Crippen molar-refractivity contribution in [2.75, 3.05) is 7.11 Å². The maximum absolute atomic E-state index is 12.9. The van der Waals surface area contributed by atoms with E-state index in [-0.39, 0.29) is 37.1 Å². The number of aromatic nitrogens is 1. The molecule has 6 heteroatoms. The Bertz CT molecular complexity index is 893. The van der Waals surface area contributed by atoms with E-state index in [2.05, 4.69) is 9.98 Å². The molecule has 0 fully saturated rings. The van der Waals surface area contributed by atoms with Gasteiger partial charge in [0.2, 0.25) is 5.90 Å². The van der Waals surface area contributed by atoms with Crippen molar-refractivity contribution in [3.05, 3.63) is 64.5 Å². The number of fused-ring (bicyclic) bond motifs is 1. The lowest BCUT2D eigenvalue weighted by molar-refractivity contribution is -0.119. The third kappa shape index (κ3) is 4.71. The van der Waals surface area contributed by atoms with Crippen LogP contribution in [0.25, 0.3) is 0 Å². The molecule has 1 aliphatic rings. The van der Waals surface area contributed by atoms with Crippen LogP contribution in [0.1, 0.15) is 54.3 Å². The number of pyridine rings is 1. The van der Waals surface area contributed by atoms with Gasteiger partial charge in [0.1, 0.15) is 5.78 Å². The molecule has 1 aromatic carbocycles. The molecule has 0 aliphatic carbocycles. The average molecular weight is 396 g/mol. The molecule has 3 rings (SSSR count). The molecule has 2 atom stereocenters. The highest BCUT2D eigenvalue weighted by Gasteiger charge is 2.27. The number of aliphatic hydroxyl groups excluding tert-OH is 2. The lowest BCUT2D eigenvalue weighted by atomic mass is 9.83. The number of ether oxygens (including phenoxy) is 1. The number of hydrogen-bond donors (Lipinski definition) is 2. The van der Waals surface area contributed by atoms with Gasteiger partial charge in [-0.2, -0.15) is 0 Å². The van der Waals surface area contributed by atoms with E-state index in [1.54, 1.807) is 0 Å². The predicted molar refractivity (Wildman–Crippen MR) is 111 cm³/mol. The molecule has 29 heavy (non-hydrogen) atoms. The summed E-state index contributed by atoms with van der Waals surface area (Å²) in [5.74, 6) is 0.245. The Balaban J connectivity index is 1.79. The fourth-order valence-electron chi connectivity index (χ4n) is 3.83. The summed E-state index contributed by atoms with van der Waals surface area (Å²) in [4.78, 5) is 21.7. The first kappa shape index (κ1) is 21.1. The molecule has 0 bridgehead atoms. The van der Waals surface area contributed by atoms with Crippen LogP contribution in [0.15, 0.2) is 41.4 Å². The summed E-state index contributed by atoms with van der Waals surface area (Å²) in [7, 11) is 1.54. The van der Waals surface area contributed by atoms with Gasteiger partial charge in [-0.15, -0.1) is 0 Å². The van der Waals surface area contributed by atoms with Crippen LogP contribution in [0.3, 0.4) is 0 Å². The molecule has 0 saturated carbocycles. The molecule has 2 aromatic rings. The average Bonchev–Trinajstić information content (AvgIpc) is 3.14. The summed E-state index contributed by atoms with van der Waals surface area (Å²) in [6, 6.07) is 11.5. The summed E-state index contributed by atoms with van der Waals surface area (Å²) in [5, 5.41) is 20.4. The molecular formula is C23H28N2O4. The number of hydrogen-bond acceptors (Lipinski definition) is 6. The number of carbonyl (C=O) groups excluding carboxylic acids is 1. The molecule has 1 aliphatic heterocycles. The predicted octanol–water partition coefficient (Wildman–Crippen LogP) is 2.78. The van der Waals surface area contributed by atoms with E-state index in [1.165, 1.54) is 7.11 Å². The lowest BCUT2D eigenvalue weighted by Gasteiger charge is -2.26. The Morgan fingerprint density at radius 2 is 1.97 bits per heavy atom. The highest BCUT2D eigenvalue weighted by atomic mass is 16.5. The first-order valence-corrected chi connectivity index (χ1v) is 9.90. The van der Waals surface area contributed by atoms with Crippen molar-refractivity contribution in [3.63, 3.8) is 0 Å². The molecule has 0 unspecified atom stereocenters. The van der Waals surface area contributed by atoms with Crippen molar-refractivity contribution in [1.29, 1.82) is 0 Å². The Hall–Kier alpha value is -2.57. The van der Waals surface area contributed by atoms with Gasteiger partial charge in [0.05, 0.1) is 37.6 Å². The van der Waals surface area contributed by atoms with Crippen molar-refractivity contribution in [2.45, 2.75) is 51.9 Å². The first-order chi connectivity index (χ1) is 13.9. The van der Waals surface area contributed by atoms with Gasteiger partial charge in [-0.25, -0.2) is 4.99 Å². The number of carbonyl (C=O) groups is 1. The third-order valence-electron chi connectivity index (χ3n) is 5.33. The van der Waals surface area contributed by atoms with Gasteiger partial charge in [-0.3, -0.25) is 9.78 Å². The van der Waals surface area contributed by atoms with Gasteiger partial charge in [-0.05, 0) is 23.1 Å². The SMILES string of the molecule is COC1=NCc2cc(CC(=O)C[C@H](c3ccccc3)[C@@H](O)C(C)C)nc(CO)c21. The number of ketones is 1. The molecule has 2 N–H and O–H groups in total. The molecule has 6 nitrogen and oxygen atoms in total. The standard InChI is InChI=1S/C23H28N2O4/c1-14(2)22(28)19(15-7-5-4-6-8-15)11-18(27)10-17-9-16-12-24-23(29-3)21(16)20(13-26)25-17/h4-9,14,19,22,26,28H,10-13H2,1-3H3/t19-,22+/m1/s1. The molecule has 0 saturated heterocycles. The molecule has 2 heterocycles. The number of methoxy groups -OCH3 is 1. The quantitative estimate of drug-likeness (QED) is 0.716. The van der Waals surface area contributed by atoms with Crippen LogP contribution >= 0.6 is 0 Å². The van der Waals surface area contributed by atoms with Gasteiger partial charge >= 0.3 is 0 Å². The normalized spacial score (nSPS) is 15.0. The van der Waals surface area contributed by atoms with Crippen LogP contribution in [-0.4, -0.2) is 40.1 Å². The van der Waals surface area contributed by atoms with Gasteiger partial charge < -0.3 is 14.9 Å². The van der Waals surface area contributed by atoms with Crippen LogP contribution in [0, 0.1) is 5.92 Å². The van der Waals surface area contributed by atoms with E-state index < -0.39 is 6.10 Å².